The van der Waals surface area contributed by atoms with Gasteiger partial charge in [-0.2, -0.15) is 0 Å². The van der Waals surface area contributed by atoms with Gasteiger partial charge < -0.3 is 10.1 Å². The molecule has 6 heteroatoms. The molecular weight excluding hydrogens is 321 g/mol. The first-order chi connectivity index (χ1) is 12.2. The molecule has 1 amide bonds. The molecular formula is C19H16FN3O2. The maximum absolute atomic E-state index is 13.1. The molecule has 0 unspecified atom stereocenters. The first kappa shape index (κ1) is 16.6. The molecule has 5 nitrogen and oxygen atoms in total. The molecule has 1 heterocycles. The van der Waals surface area contributed by atoms with E-state index in [9.17, 15) is 9.18 Å². The highest BCUT2D eigenvalue weighted by Gasteiger charge is 2.07. The van der Waals surface area contributed by atoms with Gasteiger partial charge in [-0.1, -0.05) is 24.3 Å². The minimum absolute atomic E-state index is 0.225. The smallest absolute Gasteiger partial charge is 0.251 e. The highest BCUT2D eigenvalue weighted by atomic mass is 19.1. The fraction of sp³-hybridized carbons (Fsp3) is 0.105. The maximum atomic E-state index is 13.1. The van der Waals surface area contributed by atoms with Gasteiger partial charge in [0.2, 0.25) is 5.88 Å². The van der Waals surface area contributed by atoms with Gasteiger partial charge in [0.1, 0.15) is 5.82 Å². The third-order valence-electron chi connectivity index (χ3n) is 3.63. The molecule has 0 radical (unpaired) electrons. The van der Waals surface area contributed by atoms with Crippen LogP contribution in [-0.2, 0) is 6.54 Å². The molecule has 0 saturated carbocycles. The zero-order valence-electron chi connectivity index (χ0n) is 13.6. The normalized spacial score (nSPS) is 10.3. The van der Waals surface area contributed by atoms with E-state index in [0.717, 1.165) is 5.56 Å². The number of ether oxygens (including phenoxy) is 1. The van der Waals surface area contributed by atoms with Crippen LogP contribution in [0.5, 0.6) is 5.88 Å². The van der Waals surface area contributed by atoms with Gasteiger partial charge in [0.15, 0.2) is 0 Å². The van der Waals surface area contributed by atoms with Crippen LogP contribution >= 0.6 is 0 Å². The quantitative estimate of drug-likeness (QED) is 0.776. The van der Waals surface area contributed by atoms with Crippen LogP contribution in [0.15, 0.2) is 60.7 Å². The first-order valence-electron chi connectivity index (χ1n) is 7.66. The van der Waals surface area contributed by atoms with Crippen molar-refractivity contribution < 1.29 is 13.9 Å². The summed E-state index contributed by atoms with van der Waals surface area (Å²) >= 11 is 0. The van der Waals surface area contributed by atoms with E-state index >= 15 is 0 Å². The van der Waals surface area contributed by atoms with E-state index in [4.69, 9.17) is 4.74 Å². The predicted molar refractivity (Wildman–Crippen MR) is 91.6 cm³/mol. The van der Waals surface area contributed by atoms with Crippen LogP contribution in [0.3, 0.4) is 0 Å². The lowest BCUT2D eigenvalue weighted by molar-refractivity contribution is 0.0951. The second kappa shape index (κ2) is 7.53. The summed E-state index contributed by atoms with van der Waals surface area (Å²) in [6.45, 7) is 0.266. The summed E-state index contributed by atoms with van der Waals surface area (Å²) in [6, 6.07) is 16.7. The van der Waals surface area contributed by atoms with Crippen molar-refractivity contribution in [2.24, 2.45) is 0 Å². The van der Waals surface area contributed by atoms with E-state index in [1.807, 2.05) is 0 Å². The van der Waals surface area contributed by atoms with Crippen LogP contribution in [0.2, 0.25) is 0 Å². The van der Waals surface area contributed by atoms with Crippen molar-refractivity contribution in [3.63, 3.8) is 0 Å². The van der Waals surface area contributed by atoms with Crippen LogP contribution < -0.4 is 10.1 Å². The standard InChI is InChI=1S/C19H16FN3O2/c1-25-18-10-9-17(22-23-18)14-5-7-15(8-6-14)19(24)21-12-13-3-2-4-16(20)11-13/h2-11H,12H2,1H3,(H,21,24). The van der Waals surface area contributed by atoms with E-state index < -0.39 is 0 Å². The van der Waals surface area contributed by atoms with E-state index in [-0.39, 0.29) is 18.3 Å². The van der Waals surface area contributed by atoms with Crippen molar-refractivity contribution in [1.82, 2.24) is 15.5 Å². The minimum atomic E-state index is -0.322. The molecule has 0 aliphatic carbocycles. The van der Waals surface area contributed by atoms with Crippen LogP contribution in [0.25, 0.3) is 11.3 Å². The lowest BCUT2D eigenvalue weighted by Crippen LogP contribution is -2.22. The van der Waals surface area contributed by atoms with Crippen LogP contribution in [-0.4, -0.2) is 23.2 Å². The fourth-order valence-electron chi connectivity index (χ4n) is 2.31. The van der Waals surface area contributed by atoms with Crippen LogP contribution in [0.1, 0.15) is 15.9 Å². The highest BCUT2D eigenvalue weighted by Crippen LogP contribution is 2.18. The number of aromatic nitrogens is 2. The lowest BCUT2D eigenvalue weighted by Gasteiger charge is -2.07. The molecule has 126 valence electrons. The van der Waals surface area contributed by atoms with E-state index in [1.54, 1.807) is 48.5 Å². The van der Waals surface area contributed by atoms with Crippen LogP contribution in [0, 0.1) is 5.82 Å². The van der Waals surface area contributed by atoms with Gasteiger partial charge >= 0.3 is 0 Å². The maximum Gasteiger partial charge on any atom is 0.251 e. The van der Waals surface area contributed by atoms with Crippen LogP contribution in [0.4, 0.5) is 4.39 Å². The summed E-state index contributed by atoms with van der Waals surface area (Å²) in [5.41, 5.74) is 2.75. The fourth-order valence-corrected chi connectivity index (χ4v) is 2.31. The van der Waals surface area contributed by atoms with Gasteiger partial charge in [-0.05, 0) is 35.9 Å². The van der Waals surface area contributed by atoms with Crippen molar-refractivity contribution in [3.05, 3.63) is 77.6 Å². The number of benzene rings is 2. The molecule has 25 heavy (non-hydrogen) atoms. The second-order valence-electron chi connectivity index (χ2n) is 5.35. The van der Waals surface area contributed by atoms with Crippen molar-refractivity contribution in [3.8, 4) is 17.1 Å². The number of amides is 1. The minimum Gasteiger partial charge on any atom is -0.480 e. The topological polar surface area (TPSA) is 64.1 Å². The molecule has 0 saturated heterocycles. The van der Waals surface area contributed by atoms with Gasteiger partial charge in [0.25, 0.3) is 5.91 Å². The zero-order chi connectivity index (χ0) is 17.6. The van der Waals surface area contributed by atoms with Crippen molar-refractivity contribution >= 4 is 5.91 Å². The Morgan fingerprint density at radius 1 is 1.08 bits per heavy atom. The van der Waals surface area contributed by atoms with Gasteiger partial charge in [-0.25, -0.2) is 4.39 Å². The van der Waals surface area contributed by atoms with Crippen molar-refractivity contribution in [2.45, 2.75) is 6.54 Å². The summed E-state index contributed by atoms with van der Waals surface area (Å²) in [5, 5.41) is 10.8. The SMILES string of the molecule is COc1ccc(-c2ccc(C(=O)NCc3cccc(F)c3)cc2)nn1. The Morgan fingerprint density at radius 3 is 2.52 bits per heavy atom. The Hall–Kier alpha value is -3.28. The molecule has 0 aliphatic heterocycles. The molecule has 3 aromatic rings. The molecule has 0 bridgehead atoms. The van der Waals surface area contributed by atoms with E-state index in [1.165, 1.54) is 19.2 Å². The Balaban J connectivity index is 1.65. The van der Waals surface area contributed by atoms with Gasteiger partial charge in [0.05, 0.1) is 12.8 Å². The molecule has 0 fully saturated rings. The average Bonchev–Trinajstić information content (AvgIpc) is 2.66. The number of hydrogen-bond donors (Lipinski definition) is 1. The number of carbonyl (C=O) groups excluding carboxylic acids is 1. The van der Waals surface area contributed by atoms with Gasteiger partial charge in [0, 0.05) is 23.7 Å². The molecule has 3 rings (SSSR count). The van der Waals surface area contributed by atoms with Crippen molar-refractivity contribution in [2.75, 3.05) is 7.11 Å². The average molecular weight is 337 g/mol. The Morgan fingerprint density at radius 2 is 1.88 bits per heavy atom. The number of halogens is 1. The Bertz CT molecular complexity index is 865. The zero-order valence-corrected chi connectivity index (χ0v) is 13.6. The summed E-state index contributed by atoms with van der Waals surface area (Å²) in [5.74, 6) is -0.106. The number of nitrogens with one attached hydrogen (secondary N) is 1. The largest absolute Gasteiger partial charge is 0.480 e. The van der Waals surface area contributed by atoms with Crippen molar-refractivity contribution in [1.29, 1.82) is 0 Å². The third-order valence-corrected chi connectivity index (χ3v) is 3.63. The number of carbonyl (C=O) groups is 1. The second-order valence-corrected chi connectivity index (χ2v) is 5.35. The van der Waals surface area contributed by atoms with Gasteiger partial charge in [-0.3, -0.25) is 4.79 Å². The highest BCUT2D eigenvalue weighted by molar-refractivity contribution is 5.94. The molecule has 1 aromatic heterocycles. The van der Waals surface area contributed by atoms with E-state index in [2.05, 4.69) is 15.5 Å². The Kier molecular flexibility index (Phi) is 4.99. The summed E-state index contributed by atoms with van der Waals surface area (Å²) < 4.78 is 18.1. The monoisotopic (exact) mass is 337 g/mol. The third kappa shape index (κ3) is 4.17. The first-order valence-corrected chi connectivity index (χ1v) is 7.66. The summed E-state index contributed by atoms with van der Waals surface area (Å²) in [6.07, 6.45) is 0. The summed E-state index contributed by atoms with van der Waals surface area (Å²) in [4.78, 5) is 12.2. The molecule has 1 N–H and O–H groups in total. The molecule has 0 spiro atoms. The number of methoxy groups -OCH3 is 1. The van der Waals surface area contributed by atoms with E-state index in [0.29, 0.717) is 22.7 Å². The molecule has 0 atom stereocenters. The number of rotatable bonds is 5. The molecule has 0 aliphatic rings. The summed E-state index contributed by atoms with van der Waals surface area (Å²) in [7, 11) is 1.53. The molecule has 2 aromatic carbocycles. The lowest BCUT2D eigenvalue weighted by atomic mass is 10.1. The van der Waals surface area contributed by atoms with Gasteiger partial charge in [-0.15, -0.1) is 10.2 Å². The Labute approximate surface area is 144 Å². The number of nitrogens with zero attached hydrogens (tertiary/aromatic N) is 2. The predicted octanol–water partition coefficient (Wildman–Crippen LogP) is 3.22. The number of hydrogen-bond acceptors (Lipinski definition) is 4.